The zero-order chi connectivity index (χ0) is 13.8. The molecule has 1 atom stereocenters. The smallest absolute Gasteiger partial charge is 0.128 e. The van der Waals surface area contributed by atoms with Crippen molar-refractivity contribution in [3.05, 3.63) is 23.0 Å². The van der Waals surface area contributed by atoms with Crippen LogP contribution in [0.2, 0.25) is 0 Å². The van der Waals surface area contributed by atoms with Crippen molar-refractivity contribution in [3.8, 4) is 5.75 Å². The fraction of sp³-hybridized carbons (Fsp3) is 0.688. The lowest BCUT2D eigenvalue weighted by Crippen LogP contribution is -2.34. The maximum atomic E-state index is 5.49. The van der Waals surface area contributed by atoms with Gasteiger partial charge in [-0.25, -0.2) is 0 Å². The average Bonchev–Trinajstić information content (AvgIpc) is 3.22. The summed E-state index contributed by atoms with van der Waals surface area (Å²) < 4.78 is 5.49. The third-order valence-corrected chi connectivity index (χ3v) is 4.01. The molecule has 1 fully saturated rings. The molecular weight excluding hydrogens is 236 g/mol. The lowest BCUT2D eigenvalue weighted by molar-refractivity contribution is 0.404. The first-order valence-electron chi connectivity index (χ1n) is 7.39. The molecule has 3 nitrogen and oxygen atoms in total. The minimum Gasteiger partial charge on any atom is -0.496 e. The van der Waals surface area contributed by atoms with Crippen molar-refractivity contribution < 1.29 is 4.74 Å². The van der Waals surface area contributed by atoms with Gasteiger partial charge in [-0.3, -0.25) is 4.98 Å². The van der Waals surface area contributed by atoms with E-state index < -0.39 is 0 Å². The molecular formula is C16H26N2O. The molecule has 1 aliphatic rings. The molecule has 19 heavy (non-hydrogen) atoms. The predicted octanol–water partition coefficient (Wildman–Crippen LogP) is 3.03. The van der Waals surface area contributed by atoms with E-state index in [-0.39, 0.29) is 0 Å². The number of ether oxygens (including phenoxy) is 1. The SMILES string of the molecule is CCCNC(Cc1ncc(C)c(OC)c1C)C1CC1. The molecule has 1 unspecified atom stereocenters. The first-order valence-corrected chi connectivity index (χ1v) is 7.39. The van der Waals surface area contributed by atoms with Crippen LogP contribution in [0.5, 0.6) is 5.75 Å². The normalized spacial score (nSPS) is 16.4. The van der Waals surface area contributed by atoms with Gasteiger partial charge in [0.25, 0.3) is 0 Å². The average molecular weight is 262 g/mol. The number of pyridine rings is 1. The number of hydrogen-bond acceptors (Lipinski definition) is 3. The number of nitrogens with zero attached hydrogens (tertiary/aromatic N) is 1. The number of aromatic nitrogens is 1. The Morgan fingerprint density at radius 3 is 2.74 bits per heavy atom. The van der Waals surface area contributed by atoms with E-state index in [1.54, 1.807) is 7.11 Å². The molecule has 0 aromatic carbocycles. The quantitative estimate of drug-likeness (QED) is 0.820. The summed E-state index contributed by atoms with van der Waals surface area (Å²) >= 11 is 0. The third-order valence-electron chi connectivity index (χ3n) is 4.01. The molecule has 1 aromatic heterocycles. The largest absolute Gasteiger partial charge is 0.496 e. The molecule has 0 amide bonds. The van der Waals surface area contributed by atoms with Crippen molar-refractivity contribution in [1.29, 1.82) is 0 Å². The van der Waals surface area contributed by atoms with Crippen LogP contribution in [0.15, 0.2) is 6.20 Å². The molecule has 106 valence electrons. The first-order chi connectivity index (χ1) is 9.17. The zero-order valence-corrected chi connectivity index (χ0v) is 12.6. The van der Waals surface area contributed by atoms with Crippen molar-refractivity contribution in [1.82, 2.24) is 10.3 Å². The predicted molar refractivity (Wildman–Crippen MR) is 78.8 cm³/mol. The van der Waals surface area contributed by atoms with Gasteiger partial charge in [-0.05, 0) is 45.6 Å². The summed E-state index contributed by atoms with van der Waals surface area (Å²) in [5.74, 6) is 1.84. The van der Waals surface area contributed by atoms with Crippen LogP contribution in [-0.2, 0) is 6.42 Å². The summed E-state index contributed by atoms with van der Waals surface area (Å²) in [7, 11) is 1.74. The Kier molecular flexibility index (Phi) is 4.81. The van der Waals surface area contributed by atoms with Crippen molar-refractivity contribution in [2.24, 2.45) is 5.92 Å². The Balaban J connectivity index is 2.12. The van der Waals surface area contributed by atoms with Gasteiger partial charge in [-0.2, -0.15) is 0 Å². The fourth-order valence-corrected chi connectivity index (χ4v) is 2.72. The highest BCUT2D eigenvalue weighted by Gasteiger charge is 2.31. The topological polar surface area (TPSA) is 34.2 Å². The Bertz CT molecular complexity index is 427. The lowest BCUT2D eigenvalue weighted by atomic mass is 10.0. The van der Waals surface area contributed by atoms with Crippen LogP contribution in [0.3, 0.4) is 0 Å². The summed E-state index contributed by atoms with van der Waals surface area (Å²) in [5.41, 5.74) is 3.50. The number of nitrogens with one attached hydrogen (secondary N) is 1. The van der Waals surface area contributed by atoms with Crippen LogP contribution in [0.1, 0.15) is 43.0 Å². The molecule has 1 heterocycles. The van der Waals surface area contributed by atoms with Crippen LogP contribution in [-0.4, -0.2) is 24.7 Å². The van der Waals surface area contributed by atoms with Gasteiger partial charge in [0.2, 0.25) is 0 Å². The van der Waals surface area contributed by atoms with Crippen LogP contribution < -0.4 is 10.1 Å². The summed E-state index contributed by atoms with van der Waals surface area (Å²) in [5, 5.41) is 3.68. The molecule has 0 radical (unpaired) electrons. The summed E-state index contributed by atoms with van der Waals surface area (Å²) in [6, 6.07) is 0.582. The molecule has 1 aliphatic carbocycles. The Labute approximate surface area is 116 Å². The van der Waals surface area contributed by atoms with Crippen LogP contribution in [0.4, 0.5) is 0 Å². The highest BCUT2D eigenvalue weighted by Crippen LogP contribution is 2.35. The van der Waals surface area contributed by atoms with E-state index in [1.807, 2.05) is 6.20 Å². The molecule has 0 bridgehead atoms. The van der Waals surface area contributed by atoms with Crippen LogP contribution in [0.25, 0.3) is 0 Å². The van der Waals surface area contributed by atoms with E-state index in [0.29, 0.717) is 6.04 Å². The van der Waals surface area contributed by atoms with E-state index in [9.17, 15) is 0 Å². The van der Waals surface area contributed by atoms with Gasteiger partial charge in [0.1, 0.15) is 5.75 Å². The molecule has 1 saturated carbocycles. The summed E-state index contributed by atoms with van der Waals surface area (Å²) in [6.07, 6.45) is 6.87. The fourth-order valence-electron chi connectivity index (χ4n) is 2.72. The second-order valence-electron chi connectivity index (χ2n) is 5.65. The second-order valence-corrected chi connectivity index (χ2v) is 5.65. The van der Waals surface area contributed by atoms with Crippen LogP contribution >= 0.6 is 0 Å². The zero-order valence-electron chi connectivity index (χ0n) is 12.6. The molecule has 0 aliphatic heterocycles. The van der Waals surface area contributed by atoms with Gasteiger partial charge in [0, 0.05) is 35.5 Å². The van der Waals surface area contributed by atoms with Gasteiger partial charge in [-0.15, -0.1) is 0 Å². The standard InChI is InChI=1S/C16H26N2O/c1-5-8-17-15(13-6-7-13)9-14-12(3)16(19-4)11(2)10-18-14/h10,13,15,17H,5-9H2,1-4H3. The third kappa shape index (κ3) is 3.47. The van der Waals surface area contributed by atoms with Crippen molar-refractivity contribution in [3.63, 3.8) is 0 Å². The molecule has 3 heteroatoms. The van der Waals surface area contributed by atoms with Crippen LogP contribution in [0, 0.1) is 19.8 Å². The van der Waals surface area contributed by atoms with Gasteiger partial charge >= 0.3 is 0 Å². The number of rotatable bonds is 7. The van der Waals surface area contributed by atoms with Gasteiger partial charge in [-0.1, -0.05) is 6.92 Å². The number of hydrogen-bond donors (Lipinski definition) is 1. The molecule has 0 saturated heterocycles. The van der Waals surface area contributed by atoms with E-state index in [1.165, 1.54) is 30.5 Å². The lowest BCUT2D eigenvalue weighted by Gasteiger charge is -2.20. The molecule has 1 N–H and O–H groups in total. The van der Waals surface area contributed by atoms with Crippen molar-refractivity contribution in [2.45, 2.75) is 52.5 Å². The molecule has 1 aromatic rings. The van der Waals surface area contributed by atoms with Gasteiger partial charge in [0.05, 0.1) is 7.11 Å². The summed E-state index contributed by atoms with van der Waals surface area (Å²) in [6.45, 7) is 7.49. The minimum atomic E-state index is 0.582. The Morgan fingerprint density at radius 2 is 2.16 bits per heavy atom. The molecule has 0 spiro atoms. The first kappa shape index (κ1) is 14.3. The van der Waals surface area contributed by atoms with E-state index in [2.05, 4.69) is 31.1 Å². The van der Waals surface area contributed by atoms with Gasteiger partial charge in [0.15, 0.2) is 0 Å². The van der Waals surface area contributed by atoms with E-state index in [4.69, 9.17) is 4.74 Å². The maximum Gasteiger partial charge on any atom is 0.128 e. The monoisotopic (exact) mass is 262 g/mol. The second kappa shape index (κ2) is 6.38. The number of methoxy groups -OCH3 is 1. The highest BCUT2D eigenvalue weighted by atomic mass is 16.5. The Hall–Kier alpha value is -1.09. The highest BCUT2D eigenvalue weighted by molar-refractivity contribution is 5.41. The summed E-state index contributed by atoms with van der Waals surface area (Å²) in [4.78, 5) is 4.62. The minimum absolute atomic E-state index is 0.582. The number of aryl methyl sites for hydroxylation is 1. The maximum absolute atomic E-state index is 5.49. The molecule has 2 rings (SSSR count). The van der Waals surface area contributed by atoms with Crippen molar-refractivity contribution >= 4 is 0 Å². The Morgan fingerprint density at radius 1 is 1.42 bits per heavy atom. The van der Waals surface area contributed by atoms with E-state index in [0.717, 1.165) is 30.2 Å². The van der Waals surface area contributed by atoms with Gasteiger partial charge < -0.3 is 10.1 Å². The van der Waals surface area contributed by atoms with E-state index >= 15 is 0 Å². The van der Waals surface area contributed by atoms with Crippen molar-refractivity contribution in [2.75, 3.05) is 13.7 Å².